The molecule has 0 aliphatic carbocycles. The van der Waals surface area contributed by atoms with E-state index in [4.69, 9.17) is 0 Å². The minimum absolute atomic E-state index is 0.217. The van der Waals surface area contributed by atoms with Crippen molar-refractivity contribution in [2.45, 2.75) is 26.7 Å². The Bertz CT molecular complexity index is 141. The Kier molecular flexibility index (Phi) is 5.77. The predicted octanol–water partition coefficient (Wildman–Crippen LogP) is 0.564. The maximum absolute atomic E-state index is 10.8. The van der Waals surface area contributed by atoms with Gasteiger partial charge in [-0.2, -0.15) is 0 Å². The topological polar surface area (TPSA) is 67.4 Å². The van der Waals surface area contributed by atoms with Crippen LogP contribution in [0.5, 0.6) is 0 Å². The van der Waals surface area contributed by atoms with Gasteiger partial charge in [0.1, 0.15) is 0 Å². The monoisotopic (exact) mass is 174 g/mol. The first-order valence-electron chi connectivity index (χ1n) is 3.92. The molecule has 0 radical (unpaired) electrons. The minimum atomic E-state index is -0.637. The van der Waals surface area contributed by atoms with Crippen molar-refractivity contribution in [3.63, 3.8) is 0 Å². The van der Waals surface area contributed by atoms with Gasteiger partial charge in [0, 0.05) is 6.42 Å². The lowest BCUT2D eigenvalue weighted by Gasteiger charge is -2.05. The highest BCUT2D eigenvalue weighted by molar-refractivity contribution is 5.78. The zero-order chi connectivity index (χ0) is 9.40. The van der Waals surface area contributed by atoms with Crippen LogP contribution in [0.1, 0.15) is 26.7 Å². The van der Waals surface area contributed by atoms with Gasteiger partial charge in [0.2, 0.25) is 5.91 Å². The van der Waals surface area contributed by atoms with Crippen molar-refractivity contribution >= 4 is 12.0 Å². The van der Waals surface area contributed by atoms with Gasteiger partial charge in [-0.05, 0) is 13.3 Å². The molecule has 0 bridgehead atoms. The maximum Gasteiger partial charge on any atom is 0.426 e. The first-order chi connectivity index (χ1) is 5.70. The second kappa shape index (κ2) is 6.45. The largest absolute Gasteiger partial charge is 0.449 e. The molecule has 0 spiro atoms. The van der Waals surface area contributed by atoms with Crippen LogP contribution >= 0.6 is 0 Å². The molecule has 2 amide bonds. The van der Waals surface area contributed by atoms with Gasteiger partial charge in [-0.3, -0.25) is 10.2 Å². The van der Waals surface area contributed by atoms with Crippen LogP contribution in [0, 0.1) is 0 Å². The molecule has 5 heteroatoms. The molecule has 0 rings (SSSR count). The van der Waals surface area contributed by atoms with E-state index in [2.05, 4.69) is 15.6 Å². The number of carbonyl (C=O) groups is 2. The average Bonchev–Trinajstić information content (AvgIpc) is 2.02. The summed E-state index contributed by atoms with van der Waals surface area (Å²) < 4.78 is 4.51. The third kappa shape index (κ3) is 5.52. The standard InChI is InChI=1S/C7H14N2O3/c1-3-5-6(10)8-9-7(11)12-4-2/h3-5H2,1-2H3,(H,8,10)(H,9,11). The average molecular weight is 174 g/mol. The Morgan fingerprint density at radius 3 is 2.42 bits per heavy atom. The molecule has 0 heterocycles. The van der Waals surface area contributed by atoms with Crippen molar-refractivity contribution in [1.82, 2.24) is 10.9 Å². The van der Waals surface area contributed by atoms with Crippen molar-refractivity contribution < 1.29 is 14.3 Å². The third-order valence-electron chi connectivity index (χ3n) is 1.06. The van der Waals surface area contributed by atoms with Crippen LogP contribution < -0.4 is 10.9 Å². The van der Waals surface area contributed by atoms with Crippen molar-refractivity contribution in [2.24, 2.45) is 0 Å². The zero-order valence-corrected chi connectivity index (χ0v) is 7.35. The lowest BCUT2D eigenvalue weighted by molar-refractivity contribution is -0.122. The Balaban J connectivity index is 3.40. The molecular formula is C7H14N2O3. The molecule has 0 saturated heterocycles. The maximum atomic E-state index is 10.8. The van der Waals surface area contributed by atoms with E-state index in [1.54, 1.807) is 6.92 Å². The number of hydrogen-bond donors (Lipinski definition) is 2. The summed E-state index contributed by atoms with van der Waals surface area (Å²) in [6.45, 7) is 3.85. The number of rotatable bonds is 3. The van der Waals surface area contributed by atoms with Crippen molar-refractivity contribution in [3.05, 3.63) is 0 Å². The zero-order valence-electron chi connectivity index (χ0n) is 7.35. The quantitative estimate of drug-likeness (QED) is 0.614. The molecule has 0 aliphatic rings. The molecule has 0 unspecified atom stereocenters. The molecule has 0 saturated carbocycles. The summed E-state index contributed by atoms with van der Waals surface area (Å²) in [5.41, 5.74) is 4.31. The van der Waals surface area contributed by atoms with Gasteiger partial charge < -0.3 is 4.74 Å². The Morgan fingerprint density at radius 1 is 1.25 bits per heavy atom. The summed E-state index contributed by atoms with van der Waals surface area (Å²) in [4.78, 5) is 21.4. The van der Waals surface area contributed by atoms with Gasteiger partial charge in [-0.1, -0.05) is 6.92 Å². The Labute approximate surface area is 71.4 Å². The van der Waals surface area contributed by atoms with Gasteiger partial charge in [0.15, 0.2) is 0 Å². The van der Waals surface area contributed by atoms with E-state index in [0.29, 0.717) is 6.42 Å². The van der Waals surface area contributed by atoms with Gasteiger partial charge in [-0.15, -0.1) is 0 Å². The summed E-state index contributed by atoms with van der Waals surface area (Å²) in [5.74, 6) is -0.217. The van der Waals surface area contributed by atoms with Crippen molar-refractivity contribution in [2.75, 3.05) is 6.61 Å². The van der Waals surface area contributed by atoms with E-state index in [1.165, 1.54) is 0 Å². The molecule has 0 aromatic heterocycles. The van der Waals surface area contributed by atoms with E-state index >= 15 is 0 Å². The molecule has 70 valence electrons. The first-order valence-corrected chi connectivity index (χ1v) is 3.92. The van der Waals surface area contributed by atoms with Crippen LogP contribution in [0.4, 0.5) is 4.79 Å². The number of amides is 2. The normalized spacial score (nSPS) is 8.83. The fraction of sp³-hybridized carbons (Fsp3) is 0.714. The first kappa shape index (κ1) is 10.7. The number of nitrogens with one attached hydrogen (secondary N) is 2. The SMILES string of the molecule is CCCC(=O)NNC(=O)OCC. The highest BCUT2D eigenvalue weighted by atomic mass is 16.5. The van der Waals surface area contributed by atoms with E-state index in [9.17, 15) is 9.59 Å². The van der Waals surface area contributed by atoms with Gasteiger partial charge in [0.25, 0.3) is 0 Å². The molecule has 0 atom stereocenters. The van der Waals surface area contributed by atoms with Gasteiger partial charge in [-0.25, -0.2) is 10.2 Å². The smallest absolute Gasteiger partial charge is 0.426 e. The van der Waals surface area contributed by atoms with Crippen molar-refractivity contribution in [3.8, 4) is 0 Å². The molecule has 0 aromatic rings. The van der Waals surface area contributed by atoms with Crippen LogP contribution in [0.3, 0.4) is 0 Å². The molecule has 12 heavy (non-hydrogen) atoms. The highest BCUT2D eigenvalue weighted by Crippen LogP contribution is 1.83. The molecular weight excluding hydrogens is 160 g/mol. The third-order valence-corrected chi connectivity index (χ3v) is 1.06. The second-order valence-electron chi connectivity index (χ2n) is 2.14. The Hall–Kier alpha value is -1.26. The van der Waals surface area contributed by atoms with E-state index < -0.39 is 6.09 Å². The van der Waals surface area contributed by atoms with E-state index in [0.717, 1.165) is 6.42 Å². The molecule has 0 fully saturated rings. The Morgan fingerprint density at radius 2 is 1.92 bits per heavy atom. The summed E-state index contributed by atoms with van der Waals surface area (Å²) in [6, 6.07) is 0. The number of carbonyl (C=O) groups excluding carboxylic acids is 2. The lowest BCUT2D eigenvalue weighted by atomic mass is 10.3. The van der Waals surface area contributed by atoms with Crippen LogP contribution in [-0.2, 0) is 9.53 Å². The lowest BCUT2D eigenvalue weighted by Crippen LogP contribution is -2.41. The number of ether oxygens (including phenoxy) is 1. The van der Waals surface area contributed by atoms with Crippen LogP contribution in [-0.4, -0.2) is 18.6 Å². The van der Waals surface area contributed by atoms with Crippen LogP contribution in [0.25, 0.3) is 0 Å². The predicted molar refractivity (Wildman–Crippen MR) is 43.2 cm³/mol. The number of hydrazine groups is 1. The van der Waals surface area contributed by atoms with Gasteiger partial charge in [0.05, 0.1) is 6.61 Å². The fourth-order valence-corrected chi connectivity index (χ4v) is 0.577. The second-order valence-corrected chi connectivity index (χ2v) is 2.14. The van der Waals surface area contributed by atoms with Crippen LogP contribution in [0.15, 0.2) is 0 Å². The molecule has 5 nitrogen and oxygen atoms in total. The fourth-order valence-electron chi connectivity index (χ4n) is 0.577. The molecule has 0 aliphatic heterocycles. The van der Waals surface area contributed by atoms with Gasteiger partial charge >= 0.3 is 6.09 Å². The minimum Gasteiger partial charge on any atom is -0.449 e. The van der Waals surface area contributed by atoms with E-state index in [1.807, 2.05) is 6.92 Å². The van der Waals surface area contributed by atoms with Crippen LogP contribution in [0.2, 0.25) is 0 Å². The molecule has 2 N–H and O–H groups in total. The summed E-state index contributed by atoms with van der Waals surface area (Å²) >= 11 is 0. The van der Waals surface area contributed by atoms with Crippen molar-refractivity contribution in [1.29, 1.82) is 0 Å². The molecule has 0 aromatic carbocycles. The summed E-state index contributed by atoms with van der Waals surface area (Å²) in [6.07, 6.45) is 0.505. The van der Waals surface area contributed by atoms with E-state index in [-0.39, 0.29) is 12.5 Å². The number of hydrogen-bond acceptors (Lipinski definition) is 3. The highest BCUT2D eigenvalue weighted by Gasteiger charge is 2.01. The summed E-state index contributed by atoms with van der Waals surface area (Å²) in [5, 5.41) is 0. The summed E-state index contributed by atoms with van der Waals surface area (Å²) in [7, 11) is 0.